The lowest BCUT2D eigenvalue weighted by Gasteiger charge is -2.47. The van der Waals surface area contributed by atoms with Crippen LogP contribution >= 0.6 is 0 Å². The fourth-order valence-electron chi connectivity index (χ4n) is 5.26. The molecule has 0 aliphatic carbocycles. The number of aliphatic hydroxyl groups excluding tert-OH is 2. The van der Waals surface area contributed by atoms with Crippen LogP contribution in [-0.2, 0) is 27.3 Å². The summed E-state index contributed by atoms with van der Waals surface area (Å²) in [5.41, 5.74) is 5.36. The molecule has 3 unspecified atom stereocenters. The van der Waals surface area contributed by atoms with Crippen LogP contribution in [0.2, 0.25) is 0 Å². The zero-order valence-corrected chi connectivity index (χ0v) is 21.4. The lowest BCUT2D eigenvalue weighted by molar-refractivity contribution is -0.297. The number of fused-ring (bicyclic) bond motifs is 3. The molecular formula is C28H32N4O8. The minimum absolute atomic E-state index is 0.0521. The van der Waals surface area contributed by atoms with Gasteiger partial charge in [-0.1, -0.05) is 48.5 Å². The summed E-state index contributed by atoms with van der Waals surface area (Å²) in [6, 6.07) is 15.1. The van der Waals surface area contributed by atoms with E-state index in [-0.39, 0.29) is 18.7 Å². The molecule has 3 aromatic carbocycles. The summed E-state index contributed by atoms with van der Waals surface area (Å²) in [7, 11) is 0. The van der Waals surface area contributed by atoms with Gasteiger partial charge in [0.15, 0.2) is 6.23 Å². The number of phenols is 1. The molecule has 2 aliphatic rings. The zero-order chi connectivity index (χ0) is 28.6. The molecule has 9 N–H and O–H groups in total. The fraction of sp³-hybridized carbons (Fsp3) is 0.357. The van der Waals surface area contributed by atoms with Crippen molar-refractivity contribution >= 4 is 22.6 Å². The molecule has 0 spiro atoms. The Bertz CT molecular complexity index is 1390. The number of benzene rings is 3. The monoisotopic (exact) mass is 552 g/mol. The standard InChI is InChI=1S/C28H32N4O8/c29-20(12-15-6-9-19(33)10-7-15)25(36)31-21(22-23(34)28(38)14-40-27(24(28)35)32(22)39)26(37)30-13-16-5-8-17-3-1-2-4-18(17)11-16/h1-11,20-24,27,33-35,38-39H,12-14,29H2,(H,30,37)(H,31,36)/t20-,21?,22?,23-,24-,27?,28+/m0/s1. The van der Waals surface area contributed by atoms with E-state index in [1.165, 1.54) is 12.1 Å². The van der Waals surface area contributed by atoms with E-state index in [9.17, 15) is 35.2 Å². The summed E-state index contributed by atoms with van der Waals surface area (Å²) in [5, 5.41) is 60.3. The largest absolute Gasteiger partial charge is 0.508 e. The number of hydrogen-bond donors (Lipinski definition) is 8. The van der Waals surface area contributed by atoms with Gasteiger partial charge in [-0.3, -0.25) is 9.59 Å². The van der Waals surface area contributed by atoms with Crippen LogP contribution < -0.4 is 16.4 Å². The van der Waals surface area contributed by atoms with Crippen LogP contribution in [0.5, 0.6) is 5.75 Å². The molecule has 40 heavy (non-hydrogen) atoms. The summed E-state index contributed by atoms with van der Waals surface area (Å²) in [6.45, 7) is -0.427. The van der Waals surface area contributed by atoms with Gasteiger partial charge in [-0.15, -0.1) is 0 Å². The van der Waals surface area contributed by atoms with Crippen LogP contribution in [0.25, 0.3) is 10.8 Å². The number of hydrogen-bond acceptors (Lipinski definition) is 10. The van der Waals surface area contributed by atoms with Gasteiger partial charge < -0.3 is 46.7 Å². The molecule has 2 fully saturated rings. The van der Waals surface area contributed by atoms with E-state index in [4.69, 9.17) is 10.5 Å². The van der Waals surface area contributed by atoms with E-state index >= 15 is 0 Å². The Hall–Kier alpha value is -3.62. The van der Waals surface area contributed by atoms with Gasteiger partial charge in [0.1, 0.15) is 29.6 Å². The van der Waals surface area contributed by atoms with Crippen molar-refractivity contribution in [2.75, 3.05) is 6.61 Å². The van der Waals surface area contributed by atoms with Gasteiger partial charge >= 0.3 is 0 Å². The van der Waals surface area contributed by atoms with Crippen molar-refractivity contribution in [3.05, 3.63) is 77.9 Å². The highest BCUT2D eigenvalue weighted by molar-refractivity contribution is 5.90. The van der Waals surface area contributed by atoms with Gasteiger partial charge in [-0.2, -0.15) is 5.06 Å². The number of nitrogens with zero attached hydrogens (tertiary/aromatic N) is 1. The maximum Gasteiger partial charge on any atom is 0.244 e. The van der Waals surface area contributed by atoms with Crippen molar-refractivity contribution in [1.82, 2.24) is 15.7 Å². The van der Waals surface area contributed by atoms with Crippen molar-refractivity contribution < 1.29 is 40.0 Å². The van der Waals surface area contributed by atoms with E-state index in [0.29, 0.717) is 10.6 Å². The van der Waals surface area contributed by atoms with Crippen LogP contribution in [0.4, 0.5) is 0 Å². The predicted molar refractivity (Wildman–Crippen MR) is 142 cm³/mol. The number of phenolic OH excluding ortho intramolecular Hbond substituents is 1. The van der Waals surface area contributed by atoms with E-state index < -0.39 is 60.6 Å². The Morgan fingerprint density at radius 3 is 2.40 bits per heavy atom. The molecule has 212 valence electrons. The van der Waals surface area contributed by atoms with Crippen LogP contribution in [0.15, 0.2) is 66.7 Å². The lowest BCUT2D eigenvalue weighted by atomic mass is 9.80. The molecule has 2 saturated heterocycles. The molecule has 2 heterocycles. The molecule has 2 bridgehead atoms. The molecule has 3 aromatic rings. The SMILES string of the molecule is N[C@@H](Cc1ccc(O)cc1)C(=O)NC(C(=O)NCc1ccc2ccccc2c1)C1[C@H](O)[C@]2(O)COC([C@@H]2O)N1O. The molecular weight excluding hydrogens is 520 g/mol. The van der Waals surface area contributed by atoms with Gasteiger partial charge in [0.2, 0.25) is 11.8 Å². The highest BCUT2D eigenvalue weighted by atomic mass is 16.6. The average molecular weight is 553 g/mol. The third-order valence-corrected chi connectivity index (χ3v) is 7.60. The van der Waals surface area contributed by atoms with Crippen LogP contribution in [0.1, 0.15) is 11.1 Å². The second-order valence-electron chi connectivity index (χ2n) is 10.3. The Morgan fingerprint density at radius 2 is 1.68 bits per heavy atom. The number of hydroxylamine groups is 2. The third-order valence-electron chi connectivity index (χ3n) is 7.60. The summed E-state index contributed by atoms with van der Waals surface area (Å²) in [5.74, 6) is -1.47. The highest BCUT2D eigenvalue weighted by Gasteiger charge is 2.65. The Morgan fingerprint density at radius 1 is 1.00 bits per heavy atom. The maximum atomic E-state index is 13.5. The van der Waals surface area contributed by atoms with Crippen LogP contribution in [0.3, 0.4) is 0 Å². The minimum atomic E-state index is -2.18. The minimum Gasteiger partial charge on any atom is -0.508 e. The van der Waals surface area contributed by atoms with Crippen LogP contribution in [-0.4, -0.2) is 91.3 Å². The molecule has 2 amide bonds. The van der Waals surface area contributed by atoms with Crippen LogP contribution in [0, 0.1) is 0 Å². The lowest BCUT2D eigenvalue weighted by Crippen LogP contribution is -2.74. The zero-order valence-electron chi connectivity index (χ0n) is 21.4. The maximum absolute atomic E-state index is 13.5. The Labute approximate surface area is 229 Å². The summed E-state index contributed by atoms with van der Waals surface area (Å²) < 4.78 is 5.27. The molecule has 2 aliphatic heterocycles. The number of carbonyl (C=O) groups excluding carboxylic acids is 2. The Kier molecular flexibility index (Phi) is 7.75. The number of carbonyl (C=O) groups is 2. The van der Waals surface area contributed by atoms with Gasteiger partial charge in [0.05, 0.1) is 18.7 Å². The molecule has 0 radical (unpaired) electrons. The average Bonchev–Trinajstić information content (AvgIpc) is 3.21. The highest BCUT2D eigenvalue weighted by Crippen LogP contribution is 2.39. The number of nitrogens with two attached hydrogens (primary N) is 1. The predicted octanol–water partition coefficient (Wildman–Crippen LogP) is -0.901. The summed E-state index contributed by atoms with van der Waals surface area (Å²) in [4.78, 5) is 26.7. The van der Waals surface area contributed by atoms with Crippen molar-refractivity contribution in [3.63, 3.8) is 0 Å². The van der Waals surface area contributed by atoms with Gasteiger partial charge in [0.25, 0.3) is 0 Å². The molecule has 0 saturated carbocycles. The first-order valence-corrected chi connectivity index (χ1v) is 12.8. The number of aliphatic hydroxyl groups is 3. The summed E-state index contributed by atoms with van der Waals surface area (Å²) in [6.07, 6.45) is -4.90. The molecule has 7 atom stereocenters. The van der Waals surface area contributed by atoms with Crippen molar-refractivity contribution in [1.29, 1.82) is 0 Å². The second kappa shape index (κ2) is 11.1. The van der Waals surface area contributed by atoms with Gasteiger partial charge in [0, 0.05) is 6.54 Å². The Balaban J connectivity index is 1.37. The number of rotatable bonds is 8. The fourth-order valence-corrected chi connectivity index (χ4v) is 5.26. The molecule has 12 heteroatoms. The van der Waals surface area contributed by atoms with E-state index in [2.05, 4.69) is 10.6 Å². The number of aromatic hydroxyl groups is 1. The summed E-state index contributed by atoms with van der Waals surface area (Å²) >= 11 is 0. The molecule has 5 rings (SSSR count). The first kappa shape index (κ1) is 27.9. The van der Waals surface area contributed by atoms with Gasteiger partial charge in [-0.25, -0.2) is 0 Å². The van der Waals surface area contributed by atoms with E-state index in [1.54, 1.807) is 12.1 Å². The van der Waals surface area contributed by atoms with Crippen molar-refractivity contribution in [2.45, 2.75) is 55.1 Å². The number of nitrogens with one attached hydrogen (secondary N) is 2. The number of ether oxygens (including phenoxy) is 1. The smallest absolute Gasteiger partial charge is 0.244 e. The quantitative estimate of drug-likeness (QED) is 0.173. The molecule has 12 nitrogen and oxygen atoms in total. The van der Waals surface area contributed by atoms with Crippen molar-refractivity contribution in [3.8, 4) is 5.75 Å². The topological polar surface area (TPSA) is 198 Å². The normalized spacial score (nSPS) is 27.7. The van der Waals surface area contributed by atoms with Crippen molar-refractivity contribution in [2.24, 2.45) is 5.73 Å². The molecule has 0 aromatic heterocycles. The number of amides is 2. The van der Waals surface area contributed by atoms with E-state index in [1.807, 2.05) is 42.5 Å². The number of piperidine rings is 1. The van der Waals surface area contributed by atoms with Gasteiger partial charge in [-0.05, 0) is 46.5 Å². The van der Waals surface area contributed by atoms with E-state index in [0.717, 1.165) is 16.3 Å². The first-order chi connectivity index (χ1) is 19.1. The third kappa shape index (κ3) is 5.25. The first-order valence-electron chi connectivity index (χ1n) is 12.8. The second-order valence-corrected chi connectivity index (χ2v) is 10.3.